The molecule has 0 aliphatic carbocycles. The van der Waals surface area contributed by atoms with E-state index in [0.29, 0.717) is 18.4 Å². The lowest BCUT2D eigenvalue weighted by Crippen LogP contribution is -2.34. The van der Waals surface area contributed by atoms with E-state index < -0.39 is 0 Å². The van der Waals surface area contributed by atoms with Crippen LogP contribution in [0.25, 0.3) is 10.4 Å². The second-order valence-electron chi connectivity index (χ2n) is 5.47. The summed E-state index contributed by atoms with van der Waals surface area (Å²) >= 11 is 1.73. The van der Waals surface area contributed by atoms with E-state index in [1.54, 1.807) is 18.4 Å². The molecule has 118 valence electrons. The Labute approximate surface area is 136 Å². The number of thiophene rings is 1. The van der Waals surface area contributed by atoms with Crippen LogP contribution in [0.4, 0.5) is 0 Å². The first-order chi connectivity index (χ1) is 10.6. The van der Waals surface area contributed by atoms with E-state index in [-0.39, 0.29) is 0 Å². The second kappa shape index (κ2) is 7.84. The second-order valence-corrected chi connectivity index (χ2v) is 6.64. The first-order valence-corrected chi connectivity index (χ1v) is 8.17. The molecule has 1 aromatic heterocycles. The van der Waals surface area contributed by atoms with Crippen molar-refractivity contribution in [3.63, 3.8) is 0 Å². The maximum Gasteiger partial charge on any atom is 0.188 e. The molecule has 0 fully saturated rings. The Morgan fingerprint density at radius 2 is 1.95 bits per heavy atom. The summed E-state index contributed by atoms with van der Waals surface area (Å²) in [5.74, 6) is 1.93. The summed E-state index contributed by atoms with van der Waals surface area (Å²) in [6.45, 7) is 5.73. The van der Waals surface area contributed by atoms with Gasteiger partial charge in [0.1, 0.15) is 5.75 Å². The Kier molecular flexibility index (Phi) is 5.83. The van der Waals surface area contributed by atoms with Crippen molar-refractivity contribution in [3.05, 3.63) is 41.3 Å². The van der Waals surface area contributed by atoms with Crippen LogP contribution in [-0.2, 0) is 6.54 Å². The molecule has 0 aliphatic rings. The Bertz CT molecular complexity index is 617. The molecule has 0 unspecified atom stereocenters. The Morgan fingerprint density at radius 3 is 2.59 bits per heavy atom. The number of nitrogens with zero attached hydrogens (tertiary/aromatic N) is 1. The molecule has 0 atom stereocenters. The quantitative estimate of drug-likeness (QED) is 0.633. The summed E-state index contributed by atoms with van der Waals surface area (Å²) in [6, 6.07) is 12.3. The highest BCUT2D eigenvalue weighted by molar-refractivity contribution is 7.15. The molecule has 0 amide bonds. The Morgan fingerprint density at radius 1 is 1.23 bits per heavy atom. The van der Waals surface area contributed by atoms with Gasteiger partial charge in [0, 0.05) is 16.3 Å². The number of benzene rings is 1. The van der Waals surface area contributed by atoms with Gasteiger partial charge in [0.25, 0.3) is 0 Å². The third kappa shape index (κ3) is 4.77. The van der Waals surface area contributed by atoms with Crippen molar-refractivity contribution in [1.29, 1.82) is 0 Å². The zero-order chi connectivity index (χ0) is 15.9. The predicted molar refractivity (Wildman–Crippen MR) is 94.5 cm³/mol. The summed E-state index contributed by atoms with van der Waals surface area (Å²) in [4.78, 5) is 6.79. The van der Waals surface area contributed by atoms with E-state index in [0.717, 1.165) is 12.3 Å². The Balaban J connectivity index is 1.97. The number of hydrogen-bond donors (Lipinski definition) is 2. The van der Waals surface area contributed by atoms with Crippen LogP contribution >= 0.6 is 11.3 Å². The van der Waals surface area contributed by atoms with Crippen molar-refractivity contribution in [2.24, 2.45) is 16.6 Å². The van der Waals surface area contributed by atoms with Gasteiger partial charge in [-0.1, -0.05) is 13.8 Å². The highest BCUT2D eigenvalue weighted by atomic mass is 32.1. The zero-order valence-corrected chi connectivity index (χ0v) is 14.1. The van der Waals surface area contributed by atoms with E-state index in [9.17, 15) is 0 Å². The smallest absolute Gasteiger partial charge is 0.188 e. The molecular weight excluding hydrogens is 294 g/mol. The molecular formula is C17H23N3OS. The van der Waals surface area contributed by atoms with Crippen LogP contribution in [0.1, 0.15) is 18.7 Å². The van der Waals surface area contributed by atoms with Gasteiger partial charge in [-0.15, -0.1) is 11.3 Å². The van der Waals surface area contributed by atoms with Crippen molar-refractivity contribution in [2.75, 3.05) is 13.7 Å². The first kappa shape index (κ1) is 16.4. The van der Waals surface area contributed by atoms with Gasteiger partial charge >= 0.3 is 0 Å². The third-order valence-corrected chi connectivity index (χ3v) is 4.25. The number of hydrogen-bond acceptors (Lipinski definition) is 3. The zero-order valence-electron chi connectivity index (χ0n) is 13.3. The number of rotatable bonds is 6. The lowest BCUT2D eigenvalue weighted by molar-refractivity contribution is 0.415. The van der Waals surface area contributed by atoms with Gasteiger partial charge in [0.05, 0.1) is 13.7 Å². The summed E-state index contributed by atoms with van der Waals surface area (Å²) < 4.78 is 5.18. The number of nitrogens with one attached hydrogen (secondary N) is 1. The highest BCUT2D eigenvalue weighted by Crippen LogP contribution is 2.29. The van der Waals surface area contributed by atoms with Crippen LogP contribution in [0, 0.1) is 5.92 Å². The minimum absolute atomic E-state index is 0.507. The third-order valence-electron chi connectivity index (χ3n) is 3.13. The summed E-state index contributed by atoms with van der Waals surface area (Å²) in [6.07, 6.45) is 0. The molecule has 3 N–H and O–H groups in total. The molecule has 22 heavy (non-hydrogen) atoms. The standard InChI is InChI=1S/C17H23N3OS/c1-12(2)10-19-17(18)20-11-15-8-9-16(22-15)13-4-6-14(21-3)7-5-13/h4-9,12H,10-11H2,1-3H3,(H3,18,19,20). The SMILES string of the molecule is COc1ccc(-c2ccc(CN=C(N)NCC(C)C)s2)cc1. The molecule has 0 bridgehead atoms. The average Bonchev–Trinajstić information content (AvgIpc) is 3.00. The van der Waals surface area contributed by atoms with Crippen LogP contribution in [0.15, 0.2) is 41.4 Å². The maximum absolute atomic E-state index is 5.85. The van der Waals surface area contributed by atoms with Crippen molar-refractivity contribution in [2.45, 2.75) is 20.4 Å². The van der Waals surface area contributed by atoms with Gasteiger partial charge in [0.2, 0.25) is 0 Å². The summed E-state index contributed by atoms with van der Waals surface area (Å²) in [7, 11) is 1.67. The molecule has 4 nitrogen and oxygen atoms in total. The fourth-order valence-corrected chi connectivity index (χ4v) is 2.84. The fraction of sp³-hybridized carbons (Fsp3) is 0.353. The van der Waals surface area contributed by atoms with Gasteiger partial charge in [-0.3, -0.25) is 0 Å². The molecule has 5 heteroatoms. The summed E-state index contributed by atoms with van der Waals surface area (Å²) in [5, 5.41) is 3.12. The molecule has 0 saturated carbocycles. The normalized spacial score (nSPS) is 11.7. The van der Waals surface area contributed by atoms with Crippen LogP contribution in [0.2, 0.25) is 0 Å². The van der Waals surface area contributed by atoms with Crippen molar-refractivity contribution in [1.82, 2.24) is 5.32 Å². The molecule has 1 heterocycles. The van der Waals surface area contributed by atoms with E-state index in [1.807, 2.05) is 12.1 Å². The molecule has 0 spiro atoms. The number of ether oxygens (including phenoxy) is 1. The summed E-state index contributed by atoms with van der Waals surface area (Å²) in [5.41, 5.74) is 7.04. The van der Waals surface area contributed by atoms with Gasteiger partial charge < -0.3 is 15.8 Å². The lowest BCUT2D eigenvalue weighted by Gasteiger charge is -2.07. The topological polar surface area (TPSA) is 59.6 Å². The van der Waals surface area contributed by atoms with Gasteiger partial charge in [-0.25, -0.2) is 4.99 Å². The number of aliphatic imine (C=N–C) groups is 1. The van der Waals surface area contributed by atoms with Crippen LogP contribution in [-0.4, -0.2) is 19.6 Å². The highest BCUT2D eigenvalue weighted by Gasteiger charge is 2.03. The first-order valence-electron chi connectivity index (χ1n) is 7.35. The van der Waals surface area contributed by atoms with Crippen molar-refractivity contribution >= 4 is 17.3 Å². The predicted octanol–water partition coefficient (Wildman–Crippen LogP) is 3.48. The molecule has 0 saturated heterocycles. The largest absolute Gasteiger partial charge is 0.497 e. The van der Waals surface area contributed by atoms with Crippen LogP contribution < -0.4 is 15.8 Å². The molecule has 0 aliphatic heterocycles. The molecule has 2 aromatic rings. The van der Waals surface area contributed by atoms with Gasteiger partial charge in [-0.05, 0) is 47.9 Å². The molecule has 1 aromatic carbocycles. The minimum Gasteiger partial charge on any atom is -0.497 e. The minimum atomic E-state index is 0.507. The number of nitrogens with two attached hydrogens (primary N) is 1. The van der Waals surface area contributed by atoms with Gasteiger partial charge in [-0.2, -0.15) is 0 Å². The molecule has 0 radical (unpaired) electrons. The van der Waals surface area contributed by atoms with Crippen molar-refractivity contribution < 1.29 is 4.74 Å². The van der Waals surface area contributed by atoms with E-state index >= 15 is 0 Å². The monoisotopic (exact) mass is 317 g/mol. The lowest BCUT2D eigenvalue weighted by atomic mass is 10.2. The fourth-order valence-electron chi connectivity index (χ4n) is 1.90. The Hall–Kier alpha value is -2.01. The van der Waals surface area contributed by atoms with Crippen LogP contribution in [0.5, 0.6) is 5.75 Å². The van der Waals surface area contributed by atoms with E-state index in [1.165, 1.54) is 15.3 Å². The number of methoxy groups -OCH3 is 1. The average molecular weight is 317 g/mol. The van der Waals surface area contributed by atoms with Crippen molar-refractivity contribution in [3.8, 4) is 16.2 Å². The van der Waals surface area contributed by atoms with Gasteiger partial charge in [0.15, 0.2) is 5.96 Å². The van der Waals surface area contributed by atoms with E-state index in [4.69, 9.17) is 10.5 Å². The maximum atomic E-state index is 5.85. The molecule has 2 rings (SSSR count). The van der Waals surface area contributed by atoms with Crippen LogP contribution in [0.3, 0.4) is 0 Å². The number of guanidine groups is 1. The van der Waals surface area contributed by atoms with E-state index in [2.05, 4.69) is 48.4 Å².